The van der Waals surface area contributed by atoms with E-state index in [1.807, 2.05) is 6.92 Å². The number of nitrogens with zero attached hydrogens (tertiary/aromatic N) is 1. The highest BCUT2D eigenvalue weighted by Crippen LogP contribution is 2.18. The lowest BCUT2D eigenvalue weighted by molar-refractivity contribution is 0.500. The largest absolute Gasteiger partial charge is 0.310 e. The van der Waals surface area contributed by atoms with Gasteiger partial charge in [0.2, 0.25) is 0 Å². The van der Waals surface area contributed by atoms with Gasteiger partial charge in [-0.2, -0.15) is 0 Å². The Morgan fingerprint density at radius 2 is 2.11 bits per heavy atom. The van der Waals surface area contributed by atoms with Gasteiger partial charge in [-0.25, -0.2) is 12.8 Å². The molecule has 108 valence electrons. The molecule has 1 atom stereocenters. The van der Waals surface area contributed by atoms with Crippen molar-refractivity contribution in [1.82, 2.24) is 10.3 Å². The van der Waals surface area contributed by atoms with Gasteiger partial charge in [0.05, 0.1) is 11.9 Å². The molecule has 0 aliphatic rings. The van der Waals surface area contributed by atoms with Crippen LogP contribution in [0.5, 0.6) is 0 Å². The van der Waals surface area contributed by atoms with Crippen molar-refractivity contribution in [1.29, 1.82) is 0 Å². The average molecular weight is 288 g/mol. The average Bonchev–Trinajstić information content (AvgIpc) is 2.37. The van der Waals surface area contributed by atoms with Gasteiger partial charge in [-0.1, -0.05) is 13.8 Å². The molecule has 0 saturated heterocycles. The molecule has 4 nitrogen and oxygen atoms in total. The molecule has 0 aromatic carbocycles. The summed E-state index contributed by atoms with van der Waals surface area (Å²) in [7, 11) is -2.94. The van der Waals surface area contributed by atoms with Gasteiger partial charge in [-0.15, -0.1) is 0 Å². The fourth-order valence-electron chi connectivity index (χ4n) is 1.90. The zero-order valence-corrected chi connectivity index (χ0v) is 12.2. The number of hydrogen-bond donors (Lipinski definition) is 1. The molecule has 0 aliphatic carbocycles. The molecule has 0 fully saturated rings. The van der Waals surface area contributed by atoms with E-state index in [9.17, 15) is 12.8 Å². The third-order valence-electron chi connectivity index (χ3n) is 2.97. The summed E-state index contributed by atoms with van der Waals surface area (Å²) < 4.78 is 36.0. The van der Waals surface area contributed by atoms with E-state index in [-0.39, 0.29) is 23.4 Å². The molecule has 1 N–H and O–H groups in total. The summed E-state index contributed by atoms with van der Waals surface area (Å²) >= 11 is 0. The fourth-order valence-corrected chi connectivity index (χ4v) is 2.80. The molecule has 0 spiro atoms. The SMILES string of the molecule is CCNC(CCCS(=O)(=O)CC)c1cncc(F)c1. The van der Waals surface area contributed by atoms with Crippen molar-refractivity contribution in [3.63, 3.8) is 0 Å². The van der Waals surface area contributed by atoms with Crippen molar-refractivity contribution >= 4 is 9.84 Å². The van der Waals surface area contributed by atoms with Gasteiger partial charge in [-0.05, 0) is 31.0 Å². The van der Waals surface area contributed by atoms with Crippen LogP contribution in [-0.4, -0.2) is 31.5 Å². The predicted molar refractivity (Wildman–Crippen MR) is 74.2 cm³/mol. The second-order valence-electron chi connectivity index (χ2n) is 4.43. The molecule has 1 aromatic rings. The summed E-state index contributed by atoms with van der Waals surface area (Å²) in [5.74, 6) is -0.0317. The number of aromatic nitrogens is 1. The van der Waals surface area contributed by atoms with Gasteiger partial charge < -0.3 is 5.32 Å². The van der Waals surface area contributed by atoms with Crippen LogP contribution in [0.3, 0.4) is 0 Å². The van der Waals surface area contributed by atoms with E-state index >= 15 is 0 Å². The third kappa shape index (κ3) is 5.65. The van der Waals surface area contributed by atoms with Crippen LogP contribution in [-0.2, 0) is 9.84 Å². The molecular formula is C13H21FN2O2S. The van der Waals surface area contributed by atoms with Crippen LogP contribution in [0.1, 0.15) is 38.3 Å². The summed E-state index contributed by atoms with van der Waals surface area (Å²) in [5, 5.41) is 3.23. The summed E-state index contributed by atoms with van der Waals surface area (Å²) in [5.41, 5.74) is 0.760. The summed E-state index contributed by atoms with van der Waals surface area (Å²) in [6, 6.07) is 1.38. The van der Waals surface area contributed by atoms with Crippen LogP contribution < -0.4 is 5.32 Å². The van der Waals surface area contributed by atoms with Crippen molar-refractivity contribution in [2.45, 2.75) is 32.7 Å². The lowest BCUT2D eigenvalue weighted by Crippen LogP contribution is -2.22. The van der Waals surface area contributed by atoms with Gasteiger partial charge in [0.15, 0.2) is 0 Å². The van der Waals surface area contributed by atoms with Crippen LogP contribution in [0.2, 0.25) is 0 Å². The minimum Gasteiger partial charge on any atom is -0.310 e. The Balaban J connectivity index is 2.63. The normalized spacial score (nSPS) is 13.4. The summed E-state index contributed by atoms with van der Waals surface area (Å²) in [4.78, 5) is 3.83. The first-order valence-electron chi connectivity index (χ1n) is 6.52. The Bertz CT molecular complexity index is 491. The van der Waals surface area contributed by atoms with Crippen molar-refractivity contribution in [3.8, 4) is 0 Å². The maximum atomic E-state index is 13.1. The van der Waals surface area contributed by atoms with Crippen LogP contribution in [0, 0.1) is 5.82 Å². The first-order chi connectivity index (χ1) is 8.98. The highest BCUT2D eigenvalue weighted by Gasteiger charge is 2.14. The molecule has 1 aromatic heterocycles. The van der Waals surface area contributed by atoms with Gasteiger partial charge >= 0.3 is 0 Å². The number of halogens is 1. The van der Waals surface area contributed by atoms with Crippen molar-refractivity contribution < 1.29 is 12.8 Å². The zero-order valence-electron chi connectivity index (χ0n) is 11.4. The first kappa shape index (κ1) is 16.0. The molecule has 0 saturated carbocycles. The Hall–Kier alpha value is -1.01. The Labute approximate surface area is 114 Å². The highest BCUT2D eigenvalue weighted by atomic mass is 32.2. The monoisotopic (exact) mass is 288 g/mol. The number of nitrogens with one attached hydrogen (secondary N) is 1. The van der Waals surface area contributed by atoms with Crippen LogP contribution in [0.15, 0.2) is 18.5 Å². The van der Waals surface area contributed by atoms with E-state index in [0.29, 0.717) is 12.8 Å². The minimum atomic E-state index is -2.94. The van der Waals surface area contributed by atoms with Crippen LogP contribution in [0.25, 0.3) is 0 Å². The van der Waals surface area contributed by atoms with Gasteiger partial charge in [0.25, 0.3) is 0 Å². The molecule has 6 heteroatoms. The maximum absolute atomic E-state index is 13.1. The number of rotatable bonds is 8. The third-order valence-corrected chi connectivity index (χ3v) is 4.76. The van der Waals surface area contributed by atoms with E-state index in [1.165, 1.54) is 6.07 Å². The standard InChI is InChI=1S/C13H21FN2O2S/c1-3-16-13(6-5-7-19(17,18)4-2)11-8-12(14)10-15-9-11/h8-10,13,16H,3-7H2,1-2H3. The Morgan fingerprint density at radius 3 is 2.68 bits per heavy atom. The molecule has 19 heavy (non-hydrogen) atoms. The van der Waals surface area contributed by atoms with Crippen molar-refractivity contribution in [2.75, 3.05) is 18.1 Å². The smallest absolute Gasteiger partial charge is 0.150 e. The second-order valence-corrected chi connectivity index (χ2v) is 6.90. The number of hydrogen-bond acceptors (Lipinski definition) is 4. The molecule has 0 amide bonds. The lowest BCUT2D eigenvalue weighted by atomic mass is 10.0. The molecule has 1 rings (SSSR count). The summed E-state index contributed by atoms with van der Waals surface area (Å²) in [6.07, 6.45) is 3.99. The fraction of sp³-hybridized carbons (Fsp3) is 0.615. The highest BCUT2D eigenvalue weighted by molar-refractivity contribution is 7.91. The Kier molecular flexibility index (Phi) is 6.37. The topological polar surface area (TPSA) is 59.1 Å². The van der Waals surface area contributed by atoms with E-state index < -0.39 is 9.84 Å². The molecule has 1 unspecified atom stereocenters. The molecule has 1 heterocycles. The molecule has 0 bridgehead atoms. The summed E-state index contributed by atoms with van der Waals surface area (Å²) in [6.45, 7) is 4.35. The zero-order chi connectivity index (χ0) is 14.3. The molecular weight excluding hydrogens is 267 g/mol. The molecule has 0 aliphatic heterocycles. The van der Waals surface area contributed by atoms with E-state index in [0.717, 1.165) is 18.3 Å². The van der Waals surface area contributed by atoms with E-state index in [1.54, 1.807) is 13.1 Å². The van der Waals surface area contributed by atoms with Crippen molar-refractivity contribution in [3.05, 3.63) is 29.8 Å². The second kappa shape index (κ2) is 7.55. The molecule has 0 radical (unpaired) electrons. The predicted octanol–water partition coefficient (Wildman–Crippen LogP) is 2.09. The van der Waals surface area contributed by atoms with Crippen molar-refractivity contribution in [2.24, 2.45) is 0 Å². The quantitative estimate of drug-likeness (QED) is 0.795. The van der Waals surface area contributed by atoms with Gasteiger partial charge in [-0.3, -0.25) is 4.98 Å². The van der Waals surface area contributed by atoms with E-state index in [4.69, 9.17) is 0 Å². The van der Waals surface area contributed by atoms with Gasteiger partial charge in [0, 0.05) is 18.0 Å². The van der Waals surface area contributed by atoms with Crippen LogP contribution >= 0.6 is 0 Å². The first-order valence-corrected chi connectivity index (χ1v) is 8.35. The van der Waals surface area contributed by atoms with Gasteiger partial charge in [0.1, 0.15) is 15.7 Å². The number of pyridine rings is 1. The van der Waals surface area contributed by atoms with E-state index in [2.05, 4.69) is 10.3 Å². The minimum absolute atomic E-state index is 0.0553. The van der Waals surface area contributed by atoms with Crippen LogP contribution in [0.4, 0.5) is 4.39 Å². The maximum Gasteiger partial charge on any atom is 0.150 e. The number of sulfone groups is 1. The lowest BCUT2D eigenvalue weighted by Gasteiger charge is -2.17. The Morgan fingerprint density at radius 1 is 1.37 bits per heavy atom.